The molecule has 1 aliphatic rings. The lowest BCUT2D eigenvalue weighted by Crippen LogP contribution is -2.40. The van der Waals surface area contributed by atoms with Crippen molar-refractivity contribution in [1.82, 2.24) is 15.2 Å². The van der Waals surface area contributed by atoms with E-state index < -0.39 is 0 Å². The lowest BCUT2D eigenvalue weighted by molar-refractivity contribution is 0.0834. The molecule has 4 heterocycles. The van der Waals surface area contributed by atoms with Crippen LogP contribution in [0.2, 0.25) is 0 Å². The van der Waals surface area contributed by atoms with Crippen molar-refractivity contribution in [1.29, 1.82) is 0 Å². The molecule has 1 saturated heterocycles. The number of morpholine rings is 1. The van der Waals surface area contributed by atoms with E-state index in [4.69, 9.17) is 13.6 Å². The van der Waals surface area contributed by atoms with Gasteiger partial charge in [0.1, 0.15) is 11.6 Å². The van der Waals surface area contributed by atoms with Crippen molar-refractivity contribution in [3.8, 4) is 10.8 Å². The second kappa shape index (κ2) is 5.98. The number of para-hydroxylation sites is 2. The van der Waals surface area contributed by atoms with Crippen molar-refractivity contribution in [2.75, 3.05) is 24.7 Å². The van der Waals surface area contributed by atoms with Crippen LogP contribution in [0.4, 0.5) is 6.01 Å². The highest BCUT2D eigenvalue weighted by molar-refractivity contribution is 7.13. The minimum absolute atomic E-state index is 0.219. The van der Waals surface area contributed by atoms with Gasteiger partial charge >= 0.3 is 0 Å². The number of nitrogens with zero attached hydrogens (tertiary/aromatic N) is 4. The molecule has 0 radical (unpaired) electrons. The SMILES string of the molecule is c1csc(-c2nnc([C@H]3COCCN3c3nc4ccccc4o3)o2)c1. The Kier molecular flexibility index (Phi) is 3.50. The summed E-state index contributed by atoms with van der Waals surface area (Å²) in [5, 5.41) is 10.4. The van der Waals surface area contributed by atoms with E-state index >= 15 is 0 Å². The fraction of sp³-hybridized carbons (Fsp3) is 0.235. The highest BCUT2D eigenvalue weighted by Gasteiger charge is 2.32. The zero-order chi connectivity index (χ0) is 16.6. The molecule has 3 aromatic heterocycles. The van der Waals surface area contributed by atoms with E-state index in [9.17, 15) is 0 Å². The van der Waals surface area contributed by atoms with Crippen molar-refractivity contribution in [2.24, 2.45) is 0 Å². The van der Waals surface area contributed by atoms with Gasteiger partial charge in [0.2, 0.25) is 5.89 Å². The Morgan fingerprint density at radius 3 is 2.92 bits per heavy atom. The first-order valence-electron chi connectivity index (χ1n) is 7.96. The molecule has 0 saturated carbocycles. The fourth-order valence-corrected chi connectivity index (χ4v) is 3.53. The van der Waals surface area contributed by atoms with Crippen LogP contribution >= 0.6 is 11.3 Å². The number of aromatic nitrogens is 3. The zero-order valence-corrected chi connectivity index (χ0v) is 14.0. The highest BCUT2D eigenvalue weighted by atomic mass is 32.1. The van der Waals surface area contributed by atoms with Crippen LogP contribution in [0, 0.1) is 0 Å². The van der Waals surface area contributed by atoms with Crippen LogP contribution in [-0.2, 0) is 4.74 Å². The number of anilines is 1. The first-order valence-corrected chi connectivity index (χ1v) is 8.84. The van der Waals surface area contributed by atoms with Crippen molar-refractivity contribution in [3.05, 3.63) is 47.7 Å². The molecule has 0 spiro atoms. The van der Waals surface area contributed by atoms with Crippen molar-refractivity contribution < 1.29 is 13.6 Å². The van der Waals surface area contributed by atoms with Gasteiger partial charge in [0, 0.05) is 6.54 Å². The number of hydrogen-bond acceptors (Lipinski definition) is 8. The predicted octanol–water partition coefficient (Wildman–Crippen LogP) is 3.52. The smallest absolute Gasteiger partial charge is 0.299 e. The van der Waals surface area contributed by atoms with Crippen molar-refractivity contribution in [2.45, 2.75) is 6.04 Å². The minimum Gasteiger partial charge on any atom is -0.423 e. The molecular weight excluding hydrogens is 340 g/mol. The molecule has 8 heteroatoms. The summed E-state index contributed by atoms with van der Waals surface area (Å²) in [5.74, 6) is 1.03. The van der Waals surface area contributed by atoms with Crippen molar-refractivity contribution in [3.63, 3.8) is 0 Å². The summed E-state index contributed by atoms with van der Waals surface area (Å²) in [6, 6.07) is 11.9. The molecule has 1 fully saturated rings. The lowest BCUT2D eigenvalue weighted by atomic mass is 10.2. The van der Waals surface area contributed by atoms with E-state index in [1.54, 1.807) is 11.3 Å². The van der Waals surface area contributed by atoms with Gasteiger partial charge in [-0.25, -0.2) is 0 Å². The third kappa shape index (κ3) is 2.59. The van der Waals surface area contributed by atoms with Gasteiger partial charge in [-0.05, 0) is 23.6 Å². The van der Waals surface area contributed by atoms with Gasteiger partial charge in [-0.2, -0.15) is 4.98 Å². The first-order chi connectivity index (χ1) is 12.4. The average Bonchev–Trinajstić information content (AvgIpc) is 3.40. The molecular formula is C17H14N4O3S. The summed E-state index contributed by atoms with van der Waals surface area (Å²) in [6.07, 6.45) is 0. The Labute approximate surface area is 146 Å². The first kappa shape index (κ1) is 14.6. The molecule has 0 amide bonds. The van der Waals surface area contributed by atoms with Crippen LogP contribution in [-0.4, -0.2) is 34.9 Å². The fourth-order valence-electron chi connectivity index (χ4n) is 2.89. The number of hydrogen-bond donors (Lipinski definition) is 0. The number of oxazole rings is 1. The van der Waals surface area contributed by atoms with Gasteiger partial charge in [-0.1, -0.05) is 18.2 Å². The molecule has 5 rings (SSSR count). The molecule has 1 atom stereocenters. The Morgan fingerprint density at radius 1 is 1.08 bits per heavy atom. The third-order valence-electron chi connectivity index (χ3n) is 4.11. The van der Waals surface area contributed by atoms with E-state index in [-0.39, 0.29) is 6.04 Å². The van der Waals surface area contributed by atoms with E-state index in [0.717, 1.165) is 16.0 Å². The van der Waals surface area contributed by atoms with Gasteiger partial charge in [0.25, 0.3) is 11.9 Å². The number of thiophene rings is 1. The Balaban J connectivity index is 1.50. The van der Waals surface area contributed by atoms with E-state index in [0.29, 0.717) is 37.6 Å². The number of rotatable bonds is 3. The zero-order valence-electron chi connectivity index (χ0n) is 13.2. The number of benzene rings is 1. The standard InChI is InChI=1S/C17H14N4O3S/c1-2-5-13-11(4-1)18-17(23-13)21-7-8-22-10-12(21)15-19-20-16(24-15)14-6-3-9-25-14/h1-6,9,12H,7-8,10H2/t12-/m1/s1. The monoisotopic (exact) mass is 354 g/mol. The molecule has 126 valence electrons. The molecule has 0 unspecified atom stereocenters. The van der Waals surface area contributed by atoms with Crippen LogP contribution in [0.25, 0.3) is 21.9 Å². The maximum atomic E-state index is 5.91. The average molecular weight is 354 g/mol. The maximum Gasteiger partial charge on any atom is 0.299 e. The van der Waals surface area contributed by atoms with E-state index in [2.05, 4.69) is 15.2 Å². The minimum atomic E-state index is -0.219. The largest absolute Gasteiger partial charge is 0.423 e. The third-order valence-corrected chi connectivity index (χ3v) is 4.97. The van der Waals surface area contributed by atoms with E-state index in [1.807, 2.05) is 46.7 Å². The second-order valence-electron chi connectivity index (χ2n) is 5.67. The molecule has 7 nitrogen and oxygen atoms in total. The summed E-state index contributed by atoms with van der Waals surface area (Å²) in [4.78, 5) is 7.56. The van der Waals surface area contributed by atoms with Gasteiger partial charge in [0.15, 0.2) is 5.58 Å². The number of fused-ring (bicyclic) bond motifs is 1. The summed E-state index contributed by atoms with van der Waals surface area (Å²) in [6.45, 7) is 1.69. The van der Waals surface area contributed by atoms with Gasteiger partial charge in [-0.15, -0.1) is 21.5 Å². The highest BCUT2D eigenvalue weighted by Crippen LogP contribution is 2.32. The second-order valence-corrected chi connectivity index (χ2v) is 6.62. The molecule has 0 N–H and O–H groups in total. The van der Waals surface area contributed by atoms with E-state index in [1.165, 1.54) is 0 Å². The molecule has 1 aliphatic heterocycles. The summed E-state index contributed by atoms with van der Waals surface area (Å²) in [7, 11) is 0. The van der Waals surface area contributed by atoms with Crippen LogP contribution < -0.4 is 4.90 Å². The van der Waals surface area contributed by atoms with Gasteiger partial charge < -0.3 is 18.5 Å². The summed E-state index contributed by atoms with van der Waals surface area (Å²) in [5.41, 5.74) is 1.58. The van der Waals surface area contributed by atoms with Crippen LogP contribution in [0.3, 0.4) is 0 Å². The molecule has 0 aliphatic carbocycles. The number of ether oxygens (including phenoxy) is 1. The molecule has 4 aromatic rings. The maximum absolute atomic E-state index is 5.91. The Morgan fingerprint density at radius 2 is 2.04 bits per heavy atom. The Hall–Kier alpha value is -2.71. The molecule has 25 heavy (non-hydrogen) atoms. The Bertz CT molecular complexity index is 961. The quantitative estimate of drug-likeness (QED) is 0.557. The molecule has 0 bridgehead atoms. The molecule has 1 aromatic carbocycles. The van der Waals surface area contributed by atoms with Crippen LogP contribution in [0.15, 0.2) is 50.6 Å². The summed E-state index contributed by atoms with van der Waals surface area (Å²) < 4.78 is 17.4. The lowest BCUT2D eigenvalue weighted by Gasteiger charge is -2.31. The van der Waals surface area contributed by atoms with Crippen LogP contribution in [0.5, 0.6) is 0 Å². The summed E-state index contributed by atoms with van der Waals surface area (Å²) >= 11 is 1.56. The van der Waals surface area contributed by atoms with Crippen molar-refractivity contribution >= 4 is 28.5 Å². The normalized spacial score (nSPS) is 18.1. The topological polar surface area (TPSA) is 77.4 Å². The van der Waals surface area contributed by atoms with Crippen LogP contribution in [0.1, 0.15) is 11.9 Å². The predicted molar refractivity (Wildman–Crippen MR) is 92.5 cm³/mol. The van der Waals surface area contributed by atoms with Gasteiger partial charge in [0.05, 0.1) is 18.1 Å². The van der Waals surface area contributed by atoms with Gasteiger partial charge in [-0.3, -0.25) is 0 Å².